The van der Waals surface area contributed by atoms with Gasteiger partial charge in [-0.15, -0.1) is 0 Å². The Morgan fingerprint density at radius 2 is 1.83 bits per heavy atom. The minimum absolute atomic E-state index is 0.219. The van der Waals surface area contributed by atoms with Crippen molar-refractivity contribution in [3.63, 3.8) is 0 Å². The first-order valence-corrected chi connectivity index (χ1v) is 9.05. The molecule has 29 heavy (non-hydrogen) atoms. The summed E-state index contributed by atoms with van der Waals surface area (Å²) in [6.45, 7) is 0.992. The van der Waals surface area contributed by atoms with E-state index in [4.69, 9.17) is 5.26 Å². The lowest BCUT2D eigenvalue weighted by molar-refractivity contribution is -0.134. The number of anilines is 1. The molecule has 148 valence electrons. The van der Waals surface area contributed by atoms with Crippen molar-refractivity contribution in [2.45, 2.75) is 18.9 Å². The van der Waals surface area contributed by atoms with Crippen molar-refractivity contribution in [3.8, 4) is 6.07 Å². The summed E-state index contributed by atoms with van der Waals surface area (Å²) < 4.78 is 13.3. The third kappa shape index (κ3) is 3.67. The Kier molecular flexibility index (Phi) is 5.59. The Hall–Kier alpha value is -3.73. The number of imide groups is 1. The van der Waals surface area contributed by atoms with Gasteiger partial charge in [0, 0.05) is 5.69 Å². The molecule has 0 aliphatic carbocycles. The van der Waals surface area contributed by atoms with E-state index in [0.717, 1.165) is 4.90 Å². The molecule has 0 radical (unpaired) electrons. The Bertz CT molecular complexity index is 972. The first-order chi connectivity index (χ1) is 13.9. The monoisotopic (exact) mass is 394 g/mol. The third-order valence-electron chi connectivity index (χ3n) is 4.93. The van der Waals surface area contributed by atoms with E-state index in [1.807, 2.05) is 6.07 Å². The van der Waals surface area contributed by atoms with Crippen LogP contribution in [0.15, 0.2) is 54.6 Å². The number of nitrogens with one attached hydrogen (secondary N) is 1. The number of rotatable bonds is 6. The summed E-state index contributed by atoms with van der Waals surface area (Å²) >= 11 is 0. The Balaban J connectivity index is 1.86. The van der Waals surface area contributed by atoms with E-state index in [9.17, 15) is 18.8 Å². The molecule has 1 N–H and O–H groups in total. The second-order valence-electron chi connectivity index (χ2n) is 6.56. The minimum atomic E-state index is -1.36. The minimum Gasteiger partial charge on any atom is -0.319 e. The van der Waals surface area contributed by atoms with Crippen molar-refractivity contribution >= 4 is 23.5 Å². The van der Waals surface area contributed by atoms with Gasteiger partial charge in [0.25, 0.3) is 5.91 Å². The van der Waals surface area contributed by atoms with Crippen LogP contribution in [0.25, 0.3) is 0 Å². The van der Waals surface area contributed by atoms with Gasteiger partial charge in [-0.3, -0.25) is 19.4 Å². The largest absolute Gasteiger partial charge is 0.325 e. The number of nitriles is 1. The van der Waals surface area contributed by atoms with Crippen LogP contribution in [-0.2, 0) is 15.1 Å². The molecule has 2 aromatic rings. The summed E-state index contributed by atoms with van der Waals surface area (Å²) in [4.78, 5) is 40.5. The lowest BCUT2D eigenvalue weighted by atomic mass is 9.87. The molecule has 0 aromatic heterocycles. The van der Waals surface area contributed by atoms with Crippen LogP contribution >= 0.6 is 0 Å². The first kappa shape index (κ1) is 20.0. The van der Waals surface area contributed by atoms with Crippen LogP contribution in [0.2, 0.25) is 0 Å². The number of para-hydroxylation sites is 1. The molecule has 4 amide bonds. The van der Waals surface area contributed by atoms with Crippen molar-refractivity contribution in [1.82, 2.24) is 10.2 Å². The lowest BCUT2D eigenvalue weighted by Crippen LogP contribution is -2.45. The fourth-order valence-corrected chi connectivity index (χ4v) is 3.37. The second kappa shape index (κ2) is 8.10. The van der Waals surface area contributed by atoms with Gasteiger partial charge >= 0.3 is 6.03 Å². The highest BCUT2D eigenvalue weighted by atomic mass is 19.1. The average molecular weight is 394 g/mol. The smallest absolute Gasteiger partial charge is 0.319 e. The zero-order valence-corrected chi connectivity index (χ0v) is 15.8. The second-order valence-corrected chi connectivity index (χ2v) is 6.56. The molecule has 3 rings (SSSR count). The molecular formula is C21H19FN4O3. The normalized spacial score (nSPS) is 18.3. The van der Waals surface area contributed by atoms with Crippen LogP contribution in [0.3, 0.4) is 0 Å². The summed E-state index contributed by atoms with van der Waals surface area (Å²) in [5, 5.41) is 11.7. The third-order valence-corrected chi connectivity index (χ3v) is 4.93. The average Bonchev–Trinajstić information content (AvgIpc) is 2.98. The van der Waals surface area contributed by atoms with Gasteiger partial charge in [-0.1, -0.05) is 37.3 Å². The van der Waals surface area contributed by atoms with Gasteiger partial charge < -0.3 is 5.32 Å². The highest BCUT2D eigenvalue weighted by molar-refractivity contribution is 6.10. The number of urea groups is 1. The zero-order chi connectivity index (χ0) is 21.0. The predicted octanol–water partition coefficient (Wildman–Crippen LogP) is 2.54. The molecule has 2 aromatic carbocycles. The molecule has 1 unspecified atom stereocenters. The molecule has 1 aliphatic rings. The summed E-state index contributed by atoms with van der Waals surface area (Å²) in [5.74, 6) is -1.61. The van der Waals surface area contributed by atoms with E-state index in [0.29, 0.717) is 11.3 Å². The van der Waals surface area contributed by atoms with E-state index >= 15 is 0 Å². The summed E-state index contributed by atoms with van der Waals surface area (Å²) in [6.07, 6.45) is 0.231. The Morgan fingerprint density at radius 1 is 1.17 bits per heavy atom. The lowest BCUT2D eigenvalue weighted by Gasteiger charge is -2.26. The Labute approximate surface area is 167 Å². The first-order valence-electron chi connectivity index (χ1n) is 9.05. The van der Waals surface area contributed by atoms with Crippen LogP contribution in [0.5, 0.6) is 0 Å². The number of hydrogen-bond acceptors (Lipinski definition) is 4. The number of carbonyl (C=O) groups excluding carboxylic acids is 3. The van der Waals surface area contributed by atoms with Crippen LogP contribution in [0.4, 0.5) is 14.9 Å². The number of amides is 4. The van der Waals surface area contributed by atoms with Crippen molar-refractivity contribution in [2.75, 3.05) is 18.0 Å². The topological polar surface area (TPSA) is 93.5 Å². The van der Waals surface area contributed by atoms with E-state index < -0.39 is 35.7 Å². The van der Waals surface area contributed by atoms with E-state index in [1.54, 1.807) is 37.3 Å². The summed E-state index contributed by atoms with van der Waals surface area (Å²) in [6, 6.07) is 15.0. The fraction of sp³-hybridized carbons (Fsp3) is 0.238. The zero-order valence-electron chi connectivity index (χ0n) is 15.8. The van der Waals surface area contributed by atoms with Gasteiger partial charge in [-0.25, -0.2) is 9.18 Å². The molecule has 7 nitrogen and oxygen atoms in total. The predicted molar refractivity (Wildman–Crippen MR) is 103 cm³/mol. The highest BCUT2D eigenvalue weighted by Gasteiger charge is 2.51. The number of hydrogen-bond donors (Lipinski definition) is 1. The maximum absolute atomic E-state index is 13.3. The van der Waals surface area contributed by atoms with E-state index in [2.05, 4.69) is 5.32 Å². The van der Waals surface area contributed by atoms with Crippen molar-refractivity contribution in [2.24, 2.45) is 0 Å². The van der Waals surface area contributed by atoms with Crippen LogP contribution in [0.1, 0.15) is 18.9 Å². The maximum Gasteiger partial charge on any atom is 0.325 e. The van der Waals surface area contributed by atoms with Gasteiger partial charge in [0.1, 0.15) is 24.4 Å². The van der Waals surface area contributed by atoms with Gasteiger partial charge in [0.15, 0.2) is 0 Å². The Morgan fingerprint density at radius 3 is 2.41 bits per heavy atom. The number of nitrogens with zero attached hydrogens (tertiary/aromatic N) is 3. The van der Waals surface area contributed by atoms with Gasteiger partial charge in [0.05, 0.1) is 6.07 Å². The number of halogens is 1. The highest BCUT2D eigenvalue weighted by Crippen LogP contribution is 2.32. The molecule has 0 bridgehead atoms. The number of carbonyl (C=O) groups is 3. The SMILES string of the molecule is CCC1(c2ccc(F)cc2)NC(=O)N(CC(=O)N(CC#N)c2ccccc2)C1=O. The molecule has 1 aliphatic heterocycles. The van der Waals surface area contributed by atoms with Crippen molar-refractivity contribution in [1.29, 1.82) is 5.26 Å². The summed E-state index contributed by atoms with van der Waals surface area (Å²) in [5.41, 5.74) is -0.434. The number of benzene rings is 2. The molecular weight excluding hydrogens is 375 g/mol. The van der Waals surface area contributed by atoms with Gasteiger partial charge in [-0.05, 0) is 36.2 Å². The fourth-order valence-electron chi connectivity index (χ4n) is 3.37. The molecule has 1 heterocycles. The van der Waals surface area contributed by atoms with E-state index in [1.165, 1.54) is 29.2 Å². The van der Waals surface area contributed by atoms with Crippen molar-refractivity contribution < 1.29 is 18.8 Å². The van der Waals surface area contributed by atoms with E-state index in [-0.39, 0.29) is 13.0 Å². The molecule has 0 spiro atoms. The molecule has 1 saturated heterocycles. The summed E-state index contributed by atoms with van der Waals surface area (Å²) in [7, 11) is 0. The van der Waals surface area contributed by atoms with Gasteiger partial charge in [-0.2, -0.15) is 5.26 Å². The molecule has 0 saturated carbocycles. The quantitative estimate of drug-likeness (QED) is 0.602. The molecule has 1 fully saturated rings. The molecule has 8 heteroatoms. The maximum atomic E-state index is 13.3. The van der Waals surface area contributed by atoms with Crippen LogP contribution in [0, 0.1) is 17.1 Å². The molecule has 1 atom stereocenters. The van der Waals surface area contributed by atoms with Gasteiger partial charge in [0.2, 0.25) is 5.91 Å². The standard InChI is InChI=1S/C21H19FN4O3/c1-2-21(15-8-10-16(22)11-9-15)19(28)26(20(29)24-21)14-18(27)25(13-12-23)17-6-4-3-5-7-17/h3-11H,2,13-14H2,1H3,(H,24,29). The van der Waals surface area contributed by atoms with Crippen LogP contribution in [-0.4, -0.2) is 35.8 Å². The van der Waals surface area contributed by atoms with Crippen molar-refractivity contribution in [3.05, 3.63) is 66.0 Å². The van der Waals surface area contributed by atoms with Crippen LogP contribution < -0.4 is 10.2 Å².